The van der Waals surface area contributed by atoms with Crippen LogP contribution in [0.4, 0.5) is 62.5 Å². The Morgan fingerprint density at radius 1 is 0.714 bits per heavy atom. The summed E-state index contributed by atoms with van der Waals surface area (Å²) in [6, 6.07) is 12.6. The van der Waals surface area contributed by atoms with Crippen LogP contribution in [-0.2, 0) is 15.8 Å². The molecule has 3 rings (SSSR count). The van der Waals surface area contributed by atoms with Crippen molar-refractivity contribution in [1.29, 1.82) is 0 Å². The minimum absolute atomic E-state index is 0.173. The molecule has 1 aromatic carbocycles. The molecule has 2 aromatic heterocycles. The molecule has 0 fully saturated rings. The molecule has 0 saturated heterocycles. The molecular formula is C23H18F9N5O5. The summed E-state index contributed by atoms with van der Waals surface area (Å²) in [6.45, 7) is 0. The zero-order valence-electron chi connectivity index (χ0n) is 20.7. The van der Waals surface area contributed by atoms with E-state index in [-0.39, 0.29) is 22.8 Å². The Labute approximate surface area is 229 Å². The Balaban J connectivity index is 0.000000522. The average molecular weight is 615 g/mol. The van der Waals surface area contributed by atoms with Gasteiger partial charge in [0.05, 0.1) is 22.5 Å². The number of carbonyl (C=O) groups excluding carboxylic acids is 1. The number of carbonyl (C=O) groups is 3. The van der Waals surface area contributed by atoms with E-state index in [4.69, 9.17) is 19.8 Å². The molecule has 42 heavy (non-hydrogen) atoms. The molecule has 0 atom stereocenters. The largest absolute Gasteiger partial charge is 0.490 e. The number of nitrogens with one attached hydrogen (secondary N) is 3. The second kappa shape index (κ2) is 14.5. The Bertz CT molecular complexity index is 1340. The molecule has 0 unspecified atom stereocenters. The number of rotatable bonds is 5. The van der Waals surface area contributed by atoms with Gasteiger partial charge in [0.1, 0.15) is 11.6 Å². The zero-order chi connectivity index (χ0) is 32.3. The number of para-hydroxylation sites is 1. The van der Waals surface area contributed by atoms with Gasteiger partial charge < -0.3 is 26.2 Å². The highest BCUT2D eigenvalue weighted by Gasteiger charge is 2.39. The summed E-state index contributed by atoms with van der Waals surface area (Å²) < 4.78 is 104. The summed E-state index contributed by atoms with van der Waals surface area (Å²) in [5.41, 5.74) is -0.737. The van der Waals surface area contributed by atoms with E-state index < -0.39 is 41.9 Å². The van der Waals surface area contributed by atoms with Gasteiger partial charge >= 0.3 is 30.5 Å². The van der Waals surface area contributed by atoms with Crippen molar-refractivity contribution in [2.24, 2.45) is 0 Å². The van der Waals surface area contributed by atoms with E-state index in [1.165, 1.54) is 25.2 Å². The number of anilines is 4. The Hall–Kier alpha value is -5.10. The smallest absolute Gasteiger partial charge is 0.475 e. The number of carboxylic acid groups (broad SMARTS) is 2. The average Bonchev–Trinajstić information content (AvgIpc) is 2.88. The number of benzene rings is 1. The number of amides is 1. The van der Waals surface area contributed by atoms with Crippen molar-refractivity contribution in [3.8, 4) is 0 Å². The van der Waals surface area contributed by atoms with E-state index in [9.17, 15) is 44.3 Å². The summed E-state index contributed by atoms with van der Waals surface area (Å²) in [6.07, 6.45) is -12.5. The quantitative estimate of drug-likeness (QED) is 0.231. The maximum atomic E-state index is 13.4. The van der Waals surface area contributed by atoms with Crippen LogP contribution < -0.4 is 16.0 Å². The maximum absolute atomic E-state index is 13.4. The lowest BCUT2D eigenvalue weighted by Gasteiger charge is -2.17. The molecule has 228 valence electrons. The van der Waals surface area contributed by atoms with Gasteiger partial charge in [0, 0.05) is 25.5 Å². The van der Waals surface area contributed by atoms with E-state index in [0.29, 0.717) is 5.82 Å². The fourth-order valence-electron chi connectivity index (χ4n) is 2.49. The molecule has 0 aliphatic heterocycles. The predicted octanol–water partition coefficient (Wildman–Crippen LogP) is 5.61. The standard InChI is InChI=1S/C19H16F3N5O.2C2HF3O2/c1-23-18(28)12-6-2-3-7-14(12)26-15-10-17(25-11-13(15)19(20,21)22)27-16-8-4-5-9-24-16;2*3-2(4,5)1(6)7/h2-11H,1H3,(H,23,28)(H2,24,25,26,27);2*(H,6,7). The lowest BCUT2D eigenvalue weighted by atomic mass is 10.1. The Morgan fingerprint density at radius 3 is 1.69 bits per heavy atom. The second-order valence-corrected chi connectivity index (χ2v) is 7.31. The first-order chi connectivity index (χ1) is 19.3. The molecular weight excluding hydrogens is 597 g/mol. The van der Waals surface area contributed by atoms with Crippen LogP contribution in [-0.4, -0.2) is 57.4 Å². The molecule has 0 spiro atoms. The van der Waals surface area contributed by atoms with Gasteiger partial charge in [0.15, 0.2) is 0 Å². The van der Waals surface area contributed by atoms with Crippen molar-refractivity contribution in [3.05, 3.63) is 72.1 Å². The molecule has 19 heteroatoms. The molecule has 10 nitrogen and oxygen atoms in total. The third-order valence-electron chi connectivity index (χ3n) is 4.28. The lowest BCUT2D eigenvalue weighted by Crippen LogP contribution is -2.21. The normalized spacial score (nSPS) is 11.1. The summed E-state index contributed by atoms with van der Waals surface area (Å²) in [7, 11) is 1.45. The fraction of sp³-hybridized carbons (Fsp3) is 0.174. The van der Waals surface area contributed by atoms with Crippen molar-refractivity contribution in [2.45, 2.75) is 18.5 Å². The molecule has 0 aliphatic carbocycles. The van der Waals surface area contributed by atoms with Gasteiger partial charge in [0.2, 0.25) is 0 Å². The molecule has 3 aromatic rings. The van der Waals surface area contributed by atoms with E-state index >= 15 is 0 Å². The monoisotopic (exact) mass is 615 g/mol. The van der Waals surface area contributed by atoms with Crippen LogP contribution in [0.5, 0.6) is 0 Å². The van der Waals surface area contributed by atoms with Crippen molar-refractivity contribution in [1.82, 2.24) is 15.3 Å². The van der Waals surface area contributed by atoms with Crippen LogP contribution in [0.15, 0.2) is 60.9 Å². The van der Waals surface area contributed by atoms with Crippen LogP contribution in [0, 0.1) is 0 Å². The van der Waals surface area contributed by atoms with Gasteiger partial charge in [0.25, 0.3) is 5.91 Å². The molecule has 0 saturated carbocycles. The topological polar surface area (TPSA) is 154 Å². The highest BCUT2D eigenvalue weighted by molar-refractivity contribution is 6.00. The second-order valence-electron chi connectivity index (χ2n) is 7.31. The first-order valence-corrected chi connectivity index (χ1v) is 10.7. The highest BCUT2D eigenvalue weighted by atomic mass is 19.4. The van der Waals surface area contributed by atoms with Gasteiger partial charge in [-0.15, -0.1) is 0 Å². The van der Waals surface area contributed by atoms with Gasteiger partial charge in [-0.3, -0.25) is 4.79 Å². The van der Waals surface area contributed by atoms with Gasteiger partial charge in [-0.05, 0) is 24.3 Å². The first-order valence-electron chi connectivity index (χ1n) is 10.7. The summed E-state index contributed by atoms with van der Waals surface area (Å²) in [5.74, 6) is -5.32. The van der Waals surface area contributed by atoms with Gasteiger partial charge in [-0.1, -0.05) is 18.2 Å². The minimum atomic E-state index is -5.08. The predicted molar refractivity (Wildman–Crippen MR) is 127 cm³/mol. The number of halogens is 9. The molecule has 0 bridgehead atoms. The number of hydrogen-bond acceptors (Lipinski definition) is 7. The number of carboxylic acids is 2. The van der Waals surface area contributed by atoms with E-state index in [2.05, 4.69) is 25.9 Å². The van der Waals surface area contributed by atoms with Crippen LogP contribution >= 0.6 is 0 Å². The minimum Gasteiger partial charge on any atom is -0.475 e. The molecule has 5 N–H and O–H groups in total. The van der Waals surface area contributed by atoms with E-state index in [0.717, 1.165) is 6.20 Å². The third kappa shape index (κ3) is 11.6. The molecule has 0 aliphatic rings. The number of alkyl halides is 9. The van der Waals surface area contributed by atoms with Crippen molar-refractivity contribution < 1.29 is 64.1 Å². The Kier molecular flexibility index (Phi) is 12.1. The summed E-state index contributed by atoms with van der Waals surface area (Å²) >= 11 is 0. The van der Waals surface area contributed by atoms with Crippen molar-refractivity contribution >= 4 is 40.9 Å². The molecule has 2 heterocycles. The molecule has 1 amide bonds. The van der Waals surface area contributed by atoms with Crippen LogP contribution in [0.25, 0.3) is 0 Å². The van der Waals surface area contributed by atoms with Gasteiger partial charge in [-0.2, -0.15) is 39.5 Å². The highest BCUT2D eigenvalue weighted by Crippen LogP contribution is 2.37. The van der Waals surface area contributed by atoms with Crippen molar-refractivity contribution in [2.75, 3.05) is 17.7 Å². The van der Waals surface area contributed by atoms with Crippen LogP contribution in [0.1, 0.15) is 15.9 Å². The fourth-order valence-corrected chi connectivity index (χ4v) is 2.49. The summed E-state index contributed by atoms with van der Waals surface area (Å²) in [4.78, 5) is 37.7. The number of aromatic nitrogens is 2. The molecule has 0 radical (unpaired) electrons. The SMILES string of the molecule is CNC(=O)c1ccccc1Nc1cc(Nc2ccccn2)ncc1C(F)(F)F.O=C(O)C(F)(F)F.O=C(O)C(F)(F)F. The van der Waals surface area contributed by atoms with Crippen LogP contribution in [0.2, 0.25) is 0 Å². The summed E-state index contributed by atoms with van der Waals surface area (Å²) in [5, 5.41) is 22.3. The lowest BCUT2D eigenvalue weighted by molar-refractivity contribution is -0.193. The number of hydrogen-bond donors (Lipinski definition) is 5. The number of pyridine rings is 2. The number of nitrogens with zero attached hydrogens (tertiary/aromatic N) is 2. The zero-order valence-corrected chi connectivity index (χ0v) is 20.7. The van der Waals surface area contributed by atoms with Crippen molar-refractivity contribution in [3.63, 3.8) is 0 Å². The van der Waals surface area contributed by atoms with E-state index in [1.54, 1.807) is 36.5 Å². The van der Waals surface area contributed by atoms with Gasteiger partial charge in [-0.25, -0.2) is 19.6 Å². The Morgan fingerprint density at radius 2 is 1.24 bits per heavy atom. The first kappa shape index (κ1) is 34.9. The van der Waals surface area contributed by atoms with Crippen LogP contribution in [0.3, 0.4) is 0 Å². The maximum Gasteiger partial charge on any atom is 0.490 e. The third-order valence-corrected chi connectivity index (χ3v) is 4.28. The van der Waals surface area contributed by atoms with E-state index in [1.807, 2.05) is 0 Å². The number of aliphatic carboxylic acids is 2.